The molecule has 0 N–H and O–H groups in total. The number of nitrogens with zero attached hydrogens (tertiary/aromatic N) is 5. The van der Waals surface area contributed by atoms with Gasteiger partial charge in [0.05, 0.1) is 18.1 Å². The molecular weight excluding hydrogens is 318 g/mol. The molecule has 0 unspecified atom stereocenters. The van der Waals surface area contributed by atoms with Crippen LogP contribution in [0.15, 0.2) is 35.3 Å². The van der Waals surface area contributed by atoms with Gasteiger partial charge in [0, 0.05) is 18.3 Å². The second-order valence-electron chi connectivity index (χ2n) is 6.06. The van der Waals surface area contributed by atoms with Crippen LogP contribution < -0.4 is 0 Å². The first-order chi connectivity index (χ1) is 9.42. The molecular formula is C14H16BrN5. The molecule has 5 nitrogen and oxygen atoms in total. The number of hydrogen-bond acceptors (Lipinski definition) is 3. The van der Waals surface area contributed by atoms with Gasteiger partial charge in [-0.15, -0.1) is 0 Å². The lowest BCUT2D eigenvalue weighted by Crippen LogP contribution is -2.15. The second-order valence-corrected chi connectivity index (χ2v) is 6.87. The van der Waals surface area contributed by atoms with Crippen LogP contribution >= 0.6 is 15.9 Å². The average molecular weight is 334 g/mol. The van der Waals surface area contributed by atoms with Crippen LogP contribution in [-0.2, 0) is 6.54 Å². The molecule has 0 amide bonds. The Labute approximate surface area is 125 Å². The fourth-order valence-electron chi connectivity index (χ4n) is 2.07. The third-order valence-corrected chi connectivity index (χ3v) is 3.43. The molecule has 3 aromatic rings. The van der Waals surface area contributed by atoms with Crippen molar-refractivity contribution in [1.82, 2.24) is 24.4 Å². The van der Waals surface area contributed by atoms with Gasteiger partial charge in [-0.25, -0.2) is 9.50 Å². The molecule has 0 atom stereocenters. The van der Waals surface area contributed by atoms with Crippen molar-refractivity contribution in [2.24, 2.45) is 5.41 Å². The molecule has 20 heavy (non-hydrogen) atoms. The van der Waals surface area contributed by atoms with Crippen LogP contribution in [0.4, 0.5) is 0 Å². The molecule has 0 aliphatic heterocycles. The molecule has 0 saturated heterocycles. The predicted molar refractivity (Wildman–Crippen MR) is 81.4 cm³/mol. The van der Waals surface area contributed by atoms with Gasteiger partial charge >= 0.3 is 0 Å². The van der Waals surface area contributed by atoms with Crippen LogP contribution in [0.1, 0.15) is 20.8 Å². The quantitative estimate of drug-likeness (QED) is 0.722. The molecule has 104 valence electrons. The molecule has 0 radical (unpaired) electrons. The molecule has 0 aliphatic carbocycles. The monoisotopic (exact) mass is 333 g/mol. The lowest BCUT2D eigenvalue weighted by molar-refractivity contribution is 0.325. The van der Waals surface area contributed by atoms with E-state index in [-0.39, 0.29) is 5.41 Å². The van der Waals surface area contributed by atoms with Crippen molar-refractivity contribution in [3.63, 3.8) is 0 Å². The zero-order valence-electron chi connectivity index (χ0n) is 11.7. The summed E-state index contributed by atoms with van der Waals surface area (Å²) >= 11 is 3.44. The van der Waals surface area contributed by atoms with Gasteiger partial charge in [-0.3, -0.25) is 4.68 Å². The highest BCUT2D eigenvalue weighted by molar-refractivity contribution is 9.10. The van der Waals surface area contributed by atoms with Gasteiger partial charge in [0.25, 0.3) is 0 Å². The third-order valence-electron chi connectivity index (χ3n) is 2.89. The minimum atomic E-state index is 0.202. The van der Waals surface area contributed by atoms with Crippen LogP contribution in [0.2, 0.25) is 0 Å². The van der Waals surface area contributed by atoms with E-state index in [4.69, 9.17) is 0 Å². The normalized spacial score (nSPS) is 12.2. The Hall–Kier alpha value is -1.69. The minimum Gasteiger partial charge on any atom is -0.272 e. The van der Waals surface area contributed by atoms with Crippen molar-refractivity contribution >= 4 is 21.6 Å². The van der Waals surface area contributed by atoms with E-state index in [1.807, 2.05) is 29.2 Å². The van der Waals surface area contributed by atoms with Crippen LogP contribution in [0, 0.1) is 5.41 Å². The summed E-state index contributed by atoms with van der Waals surface area (Å²) < 4.78 is 4.58. The summed E-state index contributed by atoms with van der Waals surface area (Å²) in [5.74, 6) is 0. The highest BCUT2D eigenvalue weighted by Gasteiger charge is 2.13. The Morgan fingerprint density at radius 3 is 2.75 bits per heavy atom. The molecule has 0 aromatic carbocycles. The zero-order chi connectivity index (χ0) is 14.3. The van der Waals surface area contributed by atoms with Gasteiger partial charge in [-0.05, 0) is 33.5 Å². The molecule has 0 fully saturated rings. The van der Waals surface area contributed by atoms with Crippen molar-refractivity contribution < 1.29 is 0 Å². The van der Waals surface area contributed by atoms with Gasteiger partial charge in [-0.1, -0.05) is 20.8 Å². The van der Waals surface area contributed by atoms with E-state index >= 15 is 0 Å². The summed E-state index contributed by atoms with van der Waals surface area (Å²) in [6.07, 6.45) is 5.63. The summed E-state index contributed by atoms with van der Waals surface area (Å²) in [4.78, 5) is 4.24. The Balaban J connectivity index is 1.96. The summed E-state index contributed by atoms with van der Waals surface area (Å²) in [6, 6.07) is 3.92. The van der Waals surface area contributed by atoms with Gasteiger partial charge < -0.3 is 0 Å². The fourth-order valence-corrected chi connectivity index (χ4v) is 2.43. The van der Waals surface area contributed by atoms with Gasteiger partial charge in [-0.2, -0.15) is 10.2 Å². The Morgan fingerprint density at radius 2 is 2.00 bits per heavy atom. The van der Waals surface area contributed by atoms with Crippen molar-refractivity contribution in [3.05, 3.63) is 35.3 Å². The topological polar surface area (TPSA) is 48.0 Å². The summed E-state index contributed by atoms with van der Waals surface area (Å²) in [5, 5.41) is 8.98. The summed E-state index contributed by atoms with van der Waals surface area (Å²) in [7, 11) is 0. The van der Waals surface area contributed by atoms with E-state index in [0.717, 1.165) is 28.1 Å². The number of aromatic nitrogens is 5. The number of rotatable bonds is 2. The summed E-state index contributed by atoms with van der Waals surface area (Å²) in [5.41, 5.74) is 2.92. The Bertz CT molecular complexity index is 750. The van der Waals surface area contributed by atoms with E-state index in [1.165, 1.54) is 0 Å². The van der Waals surface area contributed by atoms with Crippen molar-refractivity contribution in [2.75, 3.05) is 0 Å². The highest BCUT2D eigenvalue weighted by atomic mass is 79.9. The van der Waals surface area contributed by atoms with Crippen molar-refractivity contribution in [1.29, 1.82) is 0 Å². The molecule has 0 bridgehead atoms. The van der Waals surface area contributed by atoms with E-state index in [0.29, 0.717) is 0 Å². The van der Waals surface area contributed by atoms with Gasteiger partial charge in [0.1, 0.15) is 4.60 Å². The van der Waals surface area contributed by atoms with Crippen LogP contribution in [-0.4, -0.2) is 24.4 Å². The first kappa shape index (κ1) is 13.3. The zero-order valence-corrected chi connectivity index (χ0v) is 13.3. The van der Waals surface area contributed by atoms with Crippen molar-refractivity contribution in [3.8, 4) is 11.3 Å². The maximum atomic E-state index is 4.57. The van der Waals surface area contributed by atoms with E-state index in [9.17, 15) is 0 Å². The smallest absolute Gasteiger partial charge is 0.154 e. The van der Waals surface area contributed by atoms with E-state index in [1.54, 1.807) is 10.7 Å². The standard InChI is InChI=1S/C14H16BrN5/c1-14(2,3)9-19-8-10(6-17-19)11-4-5-13-16-7-12(15)20(13)18-11/h4-8H,9H2,1-3H3. The van der Waals surface area contributed by atoms with Crippen LogP contribution in [0.3, 0.4) is 0 Å². The average Bonchev–Trinajstić information content (AvgIpc) is 2.95. The van der Waals surface area contributed by atoms with Gasteiger partial charge in [0.15, 0.2) is 5.65 Å². The minimum absolute atomic E-state index is 0.202. The van der Waals surface area contributed by atoms with E-state index < -0.39 is 0 Å². The number of imidazole rings is 1. The van der Waals surface area contributed by atoms with Crippen molar-refractivity contribution in [2.45, 2.75) is 27.3 Å². The summed E-state index contributed by atoms with van der Waals surface area (Å²) in [6.45, 7) is 7.47. The maximum Gasteiger partial charge on any atom is 0.154 e. The molecule has 3 heterocycles. The first-order valence-corrected chi connectivity index (χ1v) is 7.25. The largest absolute Gasteiger partial charge is 0.272 e. The Morgan fingerprint density at radius 1 is 1.20 bits per heavy atom. The number of hydrogen-bond donors (Lipinski definition) is 0. The number of fused-ring (bicyclic) bond motifs is 1. The van der Waals surface area contributed by atoms with Gasteiger partial charge in [0.2, 0.25) is 0 Å². The first-order valence-electron chi connectivity index (χ1n) is 6.45. The lowest BCUT2D eigenvalue weighted by Gasteiger charge is -2.17. The molecule has 0 saturated carbocycles. The third kappa shape index (κ3) is 2.60. The number of halogens is 1. The molecule has 0 spiro atoms. The second kappa shape index (κ2) is 4.70. The maximum absolute atomic E-state index is 4.57. The molecule has 3 aromatic heterocycles. The molecule has 6 heteroatoms. The highest BCUT2D eigenvalue weighted by Crippen LogP contribution is 2.21. The Kier molecular flexibility index (Phi) is 3.12. The van der Waals surface area contributed by atoms with Crippen LogP contribution in [0.25, 0.3) is 16.9 Å². The van der Waals surface area contributed by atoms with E-state index in [2.05, 4.69) is 51.9 Å². The molecule has 0 aliphatic rings. The molecule has 3 rings (SSSR count). The SMILES string of the molecule is CC(C)(C)Cn1cc(-c2ccc3ncc(Br)n3n2)cn1. The van der Waals surface area contributed by atoms with Crippen LogP contribution in [0.5, 0.6) is 0 Å². The fraction of sp³-hybridized carbons (Fsp3) is 0.357. The lowest BCUT2D eigenvalue weighted by atomic mass is 9.97. The predicted octanol–water partition coefficient (Wildman–Crippen LogP) is 3.40.